The van der Waals surface area contributed by atoms with Crippen molar-refractivity contribution in [2.75, 3.05) is 33.9 Å². The average molecular weight is 656 g/mol. The maximum absolute atomic E-state index is 14.8. The van der Waals surface area contributed by atoms with Gasteiger partial charge in [0.1, 0.15) is 40.5 Å². The Balaban J connectivity index is 1.54. The number of hydrogen-bond acceptors (Lipinski definition) is 8. The molecule has 246 valence electrons. The molecule has 0 radical (unpaired) electrons. The minimum absolute atomic E-state index is 0.0319. The Labute approximate surface area is 265 Å². The molecule has 47 heavy (non-hydrogen) atoms. The molecule has 1 unspecified atom stereocenters. The summed E-state index contributed by atoms with van der Waals surface area (Å²) >= 11 is 0. The zero-order valence-electron chi connectivity index (χ0n) is 25.3. The first-order valence-corrected chi connectivity index (χ1v) is 14.1. The van der Waals surface area contributed by atoms with Crippen molar-refractivity contribution < 1.29 is 46.5 Å². The van der Waals surface area contributed by atoms with Crippen LogP contribution in [-0.4, -0.2) is 77.7 Å². The lowest BCUT2D eigenvalue weighted by molar-refractivity contribution is -0.265. The number of pyridine rings is 2. The molecule has 11 nitrogen and oxygen atoms in total. The summed E-state index contributed by atoms with van der Waals surface area (Å²) in [5.41, 5.74) is -0.725. The summed E-state index contributed by atoms with van der Waals surface area (Å²) in [5, 5.41) is 13.8. The molecule has 0 aliphatic carbocycles. The summed E-state index contributed by atoms with van der Waals surface area (Å²) in [5.74, 6) is -2.96. The highest BCUT2D eigenvalue weighted by atomic mass is 19.4. The summed E-state index contributed by atoms with van der Waals surface area (Å²) in [4.78, 5) is 47.4. The predicted molar refractivity (Wildman–Crippen MR) is 160 cm³/mol. The number of benzene rings is 2. The van der Waals surface area contributed by atoms with Gasteiger partial charge < -0.3 is 30.5 Å². The molecule has 1 aliphatic rings. The van der Waals surface area contributed by atoms with Gasteiger partial charge in [-0.15, -0.1) is 0 Å². The summed E-state index contributed by atoms with van der Waals surface area (Å²) in [7, 11) is 3.04. The van der Waals surface area contributed by atoms with Crippen molar-refractivity contribution in [1.82, 2.24) is 20.2 Å². The van der Waals surface area contributed by atoms with Gasteiger partial charge in [-0.2, -0.15) is 13.2 Å². The summed E-state index contributed by atoms with van der Waals surface area (Å²) in [6, 6.07) is 11.2. The number of aliphatic hydroxyl groups is 1. The summed E-state index contributed by atoms with van der Waals surface area (Å²) < 4.78 is 69.3. The van der Waals surface area contributed by atoms with Crippen molar-refractivity contribution in [1.29, 1.82) is 0 Å². The predicted octanol–water partition coefficient (Wildman–Crippen LogP) is 3.22. The molecule has 0 saturated carbocycles. The molecule has 0 spiro atoms. The van der Waals surface area contributed by atoms with Gasteiger partial charge in [-0.25, -0.2) is 9.37 Å². The first kappa shape index (κ1) is 33.1. The van der Waals surface area contributed by atoms with Gasteiger partial charge in [-0.05, 0) is 55.5 Å². The Morgan fingerprint density at radius 1 is 1.13 bits per heavy atom. The number of fused-ring (bicyclic) bond motifs is 2. The summed E-state index contributed by atoms with van der Waals surface area (Å²) in [6.07, 6.45) is -3.94. The molecule has 4 aromatic rings. The van der Waals surface area contributed by atoms with Crippen LogP contribution < -0.4 is 20.5 Å². The second-order valence-electron chi connectivity index (χ2n) is 11.4. The molecule has 4 N–H and O–H groups in total. The number of primary amides is 1. The van der Waals surface area contributed by atoms with Gasteiger partial charge in [0.2, 0.25) is 11.5 Å². The van der Waals surface area contributed by atoms with Crippen molar-refractivity contribution in [3.8, 4) is 22.8 Å². The molecule has 1 aliphatic heterocycles. The van der Waals surface area contributed by atoms with Gasteiger partial charge in [0, 0.05) is 42.4 Å². The van der Waals surface area contributed by atoms with Crippen LogP contribution in [0.2, 0.25) is 0 Å². The number of nitrogens with zero attached hydrogens (tertiary/aromatic N) is 3. The topological polar surface area (TPSA) is 157 Å². The number of hydrogen-bond donors (Lipinski definition) is 3. The van der Waals surface area contributed by atoms with E-state index in [0.717, 1.165) is 18.2 Å². The first-order valence-electron chi connectivity index (χ1n) is 14.1. The van der Waals surface area contributed by atoms with Crippen LogP contribution in [0.1, 0.15) is 28.5 Å². The van der Waals surface area contributed by atoms with Crippen LogP contribution in [-0.2, 0) is 20.6 Å². The minimum atomic E-state index is -5.40. The Morgan fingerprint density at radius 3 is 2.47 bits per heavy atom. The molecule has 15 heteroatoms. The monoisotopic (exact) mass is 655 g/mol. The Kier molecular flexibility index (Phi) is 8.53. The van der Waals surface area contributed by atoms with Crippen LogP contribution in [0.3, 0.4) is 0 Å². The molecule has 3 heterocycles. The van der Waals surface area contributed by atoms with Gasteiger partial charge in [0.25, 0.3) is 11.8 Å². The third-order valence-electron chi connectivity index (χ3n) is 7.91. The normalized spacial score (nSPS) is 16.9. The maximum atomic E-state index is 14.8. The summed E-state index contributed by atoms with van der Waals surface area (Å²) in [6.45, 7) is -0.752. The Hall–Kier alpha value is -5.31. The Morgan fingerprint density at radius 2 is 1.83 bits per heavy atom. The molecule has 0 saturated heterocycles. The molecular weight excluding hydrogens is 626 g/mol. The molecule has 2 atom stereocenters. The minimum Gasteiger partial charge on any atom is -0.489 e. The van der Waals surface area contributed by atoms with Crippen molar-refractivity contribution in [2.45, 2.75) is 24.1 Å². The lowest BCUT2D eigenvalue weighted by Gasteiger charge is -2.31. The molecule has 3 amide bonds. The van der Waals surface area contributed by atoms with Crippen LogP contribution in [0.5, 0.6) is 11.5 Å². The molecule has 5 rings (SSSR count). The fourth-order valence-electron chi connectivity index (χ4n) is 4.92. The van der Waals surface area contributed by atoms with E-state index >= 15 is 0 Å². The highest BCUT2D eigenvalue weighted by molar-refractivity contribution is 6.00. The van der Waals surface area contributed by atoms with Crippen LogP contribution in [0.15, 0.2) is 60.8 Å². The van der Waals surface area contributed by atoms with Gasteiger partial charge in [-0.1, -0.05) is 6.07 Å². The number of ether oxygens (including phenoxy) is 2. The quantitative estimate of drug-likeness (QED) is 0.232. The maximum Gasteiger partial charge on any atom is 0.424 e. The largest absolute Gasteiger partial charge is 0.489 e. The van der Waals surface area contributed by atoms with E-state index in [-0.39, 0.29) is 46.4 Å². The number of aromatic nitrogens is 2. The van der Waals surface area contributed by atoms with E-state index < -0.39 is 53.7 Å². The molecule has 0 fully saturated rings. The van der Waals surface area contributed by atoms with E-state index in [0.29, 0.717) is 10.9 Å². The van der Waals surface area contributed by atoms with Crippen LogP contribution in [0.25, 0.3) is 22.2 Å². The second kappa shape index (κ2) is 12.1. The second-order valence-corrected chi connectivity index (χ2v) is 11.4. The number of nitrogens with two attached hydrogens (primary N) is 1. The third kappa shape index (κ3) is 6.13. The number of likely N-dealkylation sites (N-methyl/N-ethyl adjacent to an activating group) is 1. The van der Waals surface area contributed by atoms with E-state index in [1.165, 1.54) is 56.4 Å². The van der Waals surface area contributed by atoms with Gasteiger partial charge in [0.05, 0.1) is 12.2 Å². The molecular formula is C32H29F4N5O6. The third-order valence-corrected chi connectivity index (χ3v) is 7.91. The fraction of sp³-hybridized carbons (Fsp3) is 0.281. The number of nitrogens with one attached hydrogen (secondary N) is 1. The van der Waals surface area contributed by atoms with Gasteiger partial charge in [0.15, 0.2) is 6.61 Å². The van der Waals surface area contributed by atoms with E-state index in [1.54, 1.807) is 12.1 Å². The first-order chi connectivity index (χ1) is 22.0. The number of rotatable bonds is 9. The molecule has 2 aromatic carbocycles. The van der Waals surface area contributed by atoms with Crippen molar-refractivity contribution in [3.63, 3.8) is 0 Å². The zero-order valence-corrected chi connectivity index (χ0v) is 25.3. The SMILES string of the molecule is CN(C)C(=O)COc1cc(C(=O)NCC(O)(c2cc3c(c(-c4ccc(F)cc4)n2)OC[C@]3(C)C(N)=O)C(F)(F)F)cc2cccnc12. The zero-order chi connectivity index (χ0) is 34.3. The standard InChI is InChI=1S/C32H29F4N5O6/c1-30(29(37)44)16-47-27-21(30)13-23(40-26(27)17-6-8-20(33)9-7-17)31(45,32(34,35)36)15-39-28(43)19-11-18-5-4-10-38-25(18)22(12-19)46-14-24(42)41(2)3/h4-13,45H,14-16H2,1-3H3,(H2,37,44)(H,39,43)/t30-,31?/m0/s1. The van der Waals surface area contributed by atoms with Crippen LogP contribution in [0.4, 0.5) is 17.6 Å². The highest BCUT2D eigenvalue weighted by Gasteiger charge is 2.57. The number of carbonyl (C=O) groups is 3. The average Bonchev–Trinajstić information content (AvgIpc) is 3.39. The van der Waals surface area contributed by atoms with E-state index in [2.05, 4.69) is 15.3 Å². The van der Waals surface area contributed by atoms with E-state index in [4.69, 9.17) is 15.2 Å². The van der Waals surface area contributed by atoms with Crippen LogP contribution >= 0.6 is 0 Å². The van der Waals surface area contributed by atoms with Gasteiger partial charge >= 0.3 is 6.18 Å². The fourth-order valence-corrected chi connectivity index (χ4v) is 4.92. The number of alkyl halides is 3. The molecule has 2 aromatic heterocycles. The highest BCUT2D eigenvalue weighted by Crippen LogP contribution is 2.47. The van der Waals surface area contributed by atoms with Crippen molar-refractivity contribution >= 4 is 28.6 Å². The Bertz CT molecular complexity index is 1880. The number of amides is 3. The van der Waals surface area contributed by atoms with Crippen molar-refractivity contribution in [3.05, 3.63) is 83.4 Å². The van der Waals surface area contributed by atoms with Gasteiger partial charge in [-0.3, -0.25) is 19.4 Å². The number of carbonyl (C=O) groups excluding carboxylic acids is 3. The van der Waals surface area contributed by atoms with E-state index in [9.17, 15) is 37.1 Å². The number of halogens is 4. The molecule has 0 bridgehead atoms. The van der Waals surface area contributed by atoms with Crippen molar-refractivity contribution in [2.24, 2.45) is 5.73 Å². The lowest BCUT2D eigenvalue weighted by Crippen LogP contribution is -2.51. The van der Waals surface area contributed by atoms with Crippen LogP contribution in [0, 0.1) is 5.82 Å². The smallest absolute Gasteiger partial charge is 0.424 e. The lowest BCUT2D eigenvalue weighted by atomic mass is 9.81. The van der Waals surface area contributed by atoms with E-state index in [1.807, 2.05) is 0 Å².